The summed E-state index contributed by atoms with van der Waals surface area (Å²) < 4.78 is 5.18. The molecule has 0 atom stereocenters. The van der Waals surface area contributed by atoms with Crippen LogP contribution in [-0.2, 0) is 11.3 Å². The summed E-state index contributed by atoms with van der Waals surface area (Å²) in [6, 6.07) is 4.89. The number of hydrogen-bond donors (Lipinski definition) is 2. The van der Waals surface area contributed by atoms with E-state index in [-0.39, 0.29) is 5.75 Å². The van der Waals surface area contributed by atoms with Crippen LogP contribution in [0.1, 0.15) is 12.5 Å². The quantitative estimate of drug-likeness (QED) is 0.671. The minimum Gasteiger partial charge on any atom is -0.508 e. The van der Waals surface area contributed by atoms with Gasteiger partial charge in [-0.2, -0.15) is 0 Å². The predicted molar refractivity (Wildman–Crippen MR) is 47.8 cm³/mol. The van der Waals surface area contributed by atoms with E-state index < -0.39 is 0 Å². The number of hydrogen-bond acceptors (Lipinski definition) is 3. The highest BCUT2D eigenvalue weighted by Gasteiger charge is 1.98. The molecule has 0 aliphatic carbocycles. The van der Waals surface area contributed by atoms with E-state index in [0.717, 1.165) is 5.56 Å². The molecule has 3 heteroatoms. The molecule has 66 valence electrons. The molecule has 0 aromatic heterocycles. The standard InChI is InChI=1S/C9H13NO2/c1-2-12-6-7-3-4-8(11)5-9(7)10/h3-5,11H,2,6,10H2,1H3. The van der Waals surface area contributed by atoms with Crippen molar-refractivity contribution in [2.24, 2.45) is 0 Å². The molecule has 12 heavy (non-hydrogen) atoms. The van der Waals surface area contributed by atoms with Crippen molar-refractivity contribution in [3.05, 3.63) is 23.8 Å². The van der Waals surface area contributed by atoms with E-state index in [9.17, 15) is 0 Å². The number of anilines is 1. The molecular formula is C9H13NO2. The lowest BCUT2D eigenvalue weighted by Crippen LogP contribution is -1.97. The number of benzene rings is 1. The summed E-state index contributed by atoms with van der Waals surface area (Å²) in [7, 11) is 0. The molecule has 0 spiro atoms. The average Bonchev–Trinajstić information content (AvgIpc) is 2.03. The van der Waals surface area contributed by atoms with Gasteiger partial charge < -0.3 is 15.6 Å². The van der Waals surface area contributed by atoms with Crippen molar-refractivity contribution >= 4 is 5.69 Å². The van der Waals surface area contributed by atoms with E-state index in [2.05, 4.69) is 0 Å². The van der Waals surface area contributed by atoms with Gasteiger partial charge in [0.2, 0.25) is 0 Å². The Balaban J connectivity index is 2.72. The third-order valence-corrected chi connectivity index (χ3v) is 1.59. The second-order valence-electron chi connectivity index (χ2n) is 2.52. The molecular weight excluding hydrogens is 154 g/mol. The first-order valence-electron chi connectivity index (χ1n) is 3.89. The molecule has 0 saturated carbocycles. The molecule has 0 aliphatic heterocycles. The monoisotopic (exact) mass is 167 g/mol. The summed E-state index contributed by atoms with van der Waals surface area (Å²) in [5.74, 6) is 0.188. The molecule has 0 unspecified atom stereocenters. The minimum atomic E-state index is 0.188. The van der Waals surface area contributed by atoms with Gasteiger partial charge in [-0.25, -0.2) is 0 Å². The summed E-state index contributed by atoms with van der Waals surface area (Å²) in [5, 5.41) is 9.04. The molecule has 0 fully saturated rings. The lowest BCUT2D eigenvalue weighted by molar-refractivity contribution is 0.134. The van der Waals surface area contributed by atoms with Crippen molar-refractivity contribution in [1.82, 2.24) is 0 Å². The Morgan fingerprint density at radius 2 is 2.25 bits per heavy atom. The molecule has 3 nitrogen and oxygen atoms in total. The summed E-state index contributed by atoms with van der Waals surface area (Å²) in [5.41, 5.74) is 7.11. The fourth-order valence-corrected chi connectivity index (χ4v) is 0.926. The van der Waals surface area contributed by atoms with Crippen molar-refractivity contribution in [2.75, 3.05) is 12.3 Å². The van der Waals surface area contributed by atoms with Gasteiger partial charge in [0.25, 0.3) is 0 Å². The molecule has 0 heterocycles. The molecule has 0 saturated heterocycles. The van der Waals surface area contributed by atoms with Crippen molar-refractivity contribution in [1.29, 1.82) is 0 Å². The van der Waals surface area contributed by atoms with Crippen molar-refractivity contribution in [3.63, 3.8) is 0 Å². The van der Waals surface area contributed by atoms with Gasteiger partial charge in [0.05, 0.1) is 6.61 Å². The van der Waals surface area contributed by atoms with E-state index >= 15 is 0 Å². The largest absolute Gasteiger partial charge is 0.508 e. The third-order valence-electron chi connectivity index (χ3n) is 1.59. The van der Waals surface area contributed by atoms with Crippen molar-refractivity contribution < 1.29 is 9.84 Å². The molecule has 0 radical (unpaired) electrons. The van der Waals surface area contributed by atoms with Crippen LogP contribution in [0.15, 0.2) is 18.2 Å². The number of phenols is 1. The molecule has 1 aromatic rings. The first kappa shape index (κ1) is 8.87. The summed E-state index contributed by atoms with van der Waals surface area (Å²) in [6.45, 7) is 3.10. The highest BCUT2D eigenvalue weighted by Crippen LogP contribution is 2.18. The predicted octanol–water partition coefficient (Wildman–Crippen LogP) is 1.51. The van der Waals surface area contributed by atoms with Crippen LogP contribution in [0.25, 0.3) is 0 Å². The van der Waals surface area contributed by atoms with Crippen LogP contribution in [0.4, 0.5) is 5.69 Å². The van der Waals surface area contributed by atoms with Crippen LogP contribution < -0.4 is 5.73 Å². The highest BCUT2D eigenvalue weighted by molar-refractivity contribution is 5.50. The number of phenolic OH excluding ortho intramolecular Hbond substituents is 1. The van der Waals surface area contributed by atoms with Crippen LogP contribution in [-0.4, -0.2) is 11.7 Å². The lowest BCUT2D eigenvalue weighted by atomic mass is 10.2. The van der Waals surface area contributed by atoms with Crippen molar-refractivity contribution in [3.8, 4) is 5.75 Å². The molecule has 1 aromatic carbocycles. The van der Waals surface area contributed by atoms with Gasteiger partial charge in [-0.1, -0.05) is 6.07 Å². The SMILES string of the molecule is CCOCc1ccc(O)cc1N. The van der Waals surface area contributed by atoms with Gasteiger partial charge in [-0.15, -0.1) is 0 Å². The van der Waals surface area contributed by atoms with Crippen LogP contribution in [0, 0.1) is 0 Å². The maximum absolute atomic E-state index is 9.04. The molecule has 1 rings (SSSR count). The maximum atomic E-state index is 9.04. The number of aromatic hydroxyl groups is 1. The Morgan fingerprint density at radius 1 is 1.50 bits per heavy atom. The van der Waals surface area contributed by atoms with Crippen LogP contribution in [0.3, 0.4) is 0 Å². The smallest absolute Gasteiger partial charge is 0.117 e. The Morgan fingerprint density at radius 3 is 2.83 bits per heavy atom. The number of rotatable bonds is 3. The van der Waals surface area contributed by atoms with Gasteiger partial charge in [-0.3, -0.25) is 0 Å². The molecule has 0 aliphatic rings. The number of nitrogens with two attached hydrogens (primary N) is 1. The van der Waals surface area contributed by atoms with E-state index in [1.807, 2.05) is 6.92 Å². The van der Waals surface area contributed by atoms with Gasteiger partial charge >= 0.3 is 0 Å². The Labute approximate surface area is 71.8 Å². The van der Waals surface area contributed by atoms with Gasteiger partial charge in [0.1, 0.15) is 5.75 Å². The average molecular weight is 167 g/mol. The molecule has 0 amide bonds. The normalized spacial score (nSPS) is 10.1. The topological polar surface area (TPSA) is 55.5 Å². The second kappa shape index (κ2) is 3.97. The van der Waals surface area contributed by atoms with Crippen molar-refractivity contribution in [2.45, 2.75) is 13.5 Å². The zero-order valence-electron chi connectivity index (χ0n) is 7.08. The second-order valence-corrected chi connectivity index (χ2v) is 2.52. The van der Waals surface area contributed by atoms with E-state index in [1.54, 1.807) is 12.1 Å². The van der Waals surface area contributed by atoms with Gasteiger partial charge in [0.15, 0.2) is 0 Å². The zero-order valence-corrected chi connectivity index (χ0v) is 7.08. The fourth-order valence-electron chi connectivity index (χ4n) is 0.926. The van der Waals surface area contributed by atoms with E-state index in [4.69, 9.17) is 15.6 Å². The van der Waals surface area contributed by atoms with Crippen LogP contribution >= 0.6 is 0 Å². The minimum absolute atomic E-state index is 0.188. The Kier molecular flexibility index (Phi) is 2.94. The highest BCUT2D eigenvalue weighted by atomic mass is 16.5. The maximum Gasteiger partial charge on any atom is 0.117 e. The van der Waals surface area contributed by atoms with Gasteiger partial charge in [0, 0.05) is 23.9 Å². The van der Waals surface area contributed by atoms with Gasteiger partial charge in [-0.05, 0) is 13.0 Å². The first-order chi connectivity index (χ1) is 5.74. The van der Waals surface area contributed by atoms with Crippen LogP contribution in [0.5, 0.6) is 5.75 Å². The van der Waals surface area contributed by atoms with E-state index in [0.29, 0.717) is 18.9 Å². The number of ether oxygens (including phenoxy) is 1. The summed E-state index contributed by atoms with van der Waals surface area (Å²) >= 11 is 0. The molecule has 0 bridgehead atoms. The van der Waals surface area contributed by atoms with E-state index in [1.165, 1.54) is 6.07 Å². The number of nitrogen functional groups attached to an aromatic ring is 1. The Bertz CT molecular complexity index is 261. The van der Waals surface area contributed by atoms with Crippen LogP contribution in [0.2, 0.25) is 0 Å². The molecule has 3 N–H and O–H groups in total. The lowest BCUT2D eigenvalue weighted by Gasteiger charge is -2.05. The third kappa shape index (κ3) is 2.13. The first-order valence-corrected chi connectivity index (χ1v) is 3.89. The summed E-state index contributed by atoms with van der Waals surface area (Å²) in [6.07, 6.45) is 0. The fraction of sp³-hybridized carbons (Fsp3) is 0.333. The summed E-state index contributed by atoms with van der Waals surface area (Å²) in [4.78, 5) is 0. The zero-order chi connectivity index (χ0) is 8.97. The Hall–Kier alpha value is -1.22.